The number of likely N-dealkylation sites (tertiary alicyclic amines) is 1. The quantitative estimate of drug-likeness (QED) is 0.378. The predicted octanol–water partition coefficient (Wildman–Crippen LogP) is 6.88. The number of thiophene rings is 1. The lowest BCUT2D eigenvalue weighted by Crippen LogP contribution is -2.37. The second kappa shape index (κ2) is 9.76. The summed E-state index contributed by atoms with van der Waals surface area (Å²) >= 11 is 8.05. The lowest BCUT2D eigenvalue weighted by molar-refractivity contribution is -0.138. The van der Waals surface area contributed by atoms with Crippen LogP contribution in [0.25, 0.3) is 0 Å². The van der Waals surface area contributed by atoms with Crippen molar-refractivity contribution in [2.45, 2.75) is 38.7 Å². The van der Waals surface area contributed by atoms with Gasteiger partial charge in [-0.15, -0.1) is 11.3 Å². The average molecular weight is 490 g/mol. The van der Waals surface area contributed by atoms with Gasteiger partial charge in [-0.25, -0.2) is 0 Å². The number of hydrogen-bond acceptors (Lipinski definition) is 4. The van der Waals surface area contributed by atoms with Crippen LogP contribution in [0.5, 0.6) is 0 Å². The lowest BCUT2D eigenvalue weighted by atomic mass is 10.0. The summed E-state index contributed by atoms with van der Waals surface area (Å²) in [4.78, 5) is 6.88. The van der Waals surface area contributed by atoms with E-state index in [1.54, 1.807) is 35.6 Å². The topological polar surface area (TPSA) is 30.3 Å². The van der Waals surface area contributed by atoms with Gasteiger partial charge in [-0.3, -0.25) is 4.90 Å². The SMILES string of the molecule is Cc1ccc(CN2CC[C@H](N(Cc3ccccc3C(F)(F)F)c3ccc(C#N)c(Cl)c3)C2)s1. The molecule has 8 heteroatoms. The van der Waals surface area contributed by atoms with Crippen molar-refractivity contribution in [1.29, 1.82) is 5.26 Å². The lowest BCUT2D eigenvalue weighted by Gasteiger charge is -2.32. The standard InChI is InChI=1S/C25H23ClF3N3S/c1-17-6-9-22(33-17)16-31-11-10-21(15-31)32(20-8-7-18(13-30)24(26)12-20)14-19-4-2-3-5-23(19)25(27,28)29/h2-9,12,21H,10-11,14-16H2,1H3/t21-/m0/s1. The van der Waals surface area contributed by atoms with E-state index in [1.807, 2.05) is 11.0 Å². The van der Waals surface area contributed by atoms with Gasteiger partial charge in [0.25, 0.3) is 0 Å². The molecule has 0 saturated carbocycles. The van der Waals surface area contributed by atoms with Crippen molar-refractivity contribution in [3.05, 3.63) is 86.1 Å². The van der Waals surface area contributed by atoms with Crippen molar-refractivity contribution in [3.63, 3.8) is 0 Å². The van der Waals surface area contributed by atoms with Gasteiger partial charge in [0.2, 0.25) is 0 Å². The molecule has 0 spiro atoms. The van der Waals surface area contributed by atoms with Crippen molar-refractivity contribution in [2.75, 3.05) is 18.0 Å². The molecule has 2 aromatic carbocycles. The van der Waals surface area contributed by atoms with Crippen LogP contribution in [0.3, 0.4) is 0 Å². The molecule has 33 heavy (non-hydrogen) atoms. The van der Waals surface area contributed by atoms with Crippen molar-refractivity contribution in [2.24, 2.45) is 0 Å². The third-order valence-corrected chi connectivity index (χ3v) is 7.23. The minimum Gasteiger partial charge on any atom is -0.363 e. The minimum absolute atomic E-state index is 0.0244. The van der Waals surface area contributed by atoms with E-state index in [0.29, 0.717) is 10.6 Å². The van der Waals surface area contributed by atoms with Crippen molar-refractivity contribution in [1.82, 2.24) is 4.90 Å². The van der Waals surface area contributed by atoms with Gasteiger partial charge in [-0.05, 0) is 55.3 Å². The van der Waals surface area contributed by atoms with Gasteiger partial charge in [0.05, 0.1) is 16.1 Å². The number of anilines is 1. The number of halogens is 4. The number of benzene rings is 2. The van der Waals surface area contributed by atoms with Crippen LogP contribution >= 0.6 is 22.9 Å². The minimum atomic E-state index is -4.43. The molecule has 3 nitrogen and oxygen atoms in total. The Morgan fingerprint density at radius 1 is 1.18 bits per heavy atom. The Bertz CT molecular complexity index is 1170. The van der Waals surface area contributed by atoms with Crippen molar-refractivity contribution >= 4 is 28.6 Å². The molecule has 0 amide bonds. The summed E-state index contributed by atoms with van der Waals surface area (Å²) in [5, 5.41) is 9.52. The van der Waals surface area contributed by atoms with Gasteiger partial charge in [0.1, 0.15) is 6.07 Å². The molecule has 1 fully saturated rings. The molecule has 1 aliphatic rings. The van der Waals surface area contributed by atoms with Crippen LogP contribution in [-0.2, 0) is 19.3 Å². The summed E-state index contributed by atoms with van der Waals surface area (Å²) in [7, 11) is 0. The fourth-order valence-corrected chi connectivity index (χ4v) is 5.47. The van der Waals surface area contributed by atoms with Crippen LogP contribution < -0.4 is 4.90 Å². The zero-order valence-corrected chi connectivity index (χ0v) is 19.6. The Morgan fingerprint density at radius 2 is 1.97 bits per heavy atom. The highest BCUT2D eigenvalue weighted by atomic mass is 35.5. The van der Waals surface area contributed by atoms with Crippen LogP contribution in [0.2, 0.25) is 5.02 Å². The Balaban J connectivity index is 1.63. The summed E-state index contributed by atoms with van der Waals surface area (Å²) < 4.78 is 41.0. The molecular formula is C25H23ClF3N3S. The predicted molar refractivity (Wildman–Crippen MR) is 127 cm³/mol. The largest absolute Gasteiger partial charge is 0.416 e. The normalized spacial score (nSPS) is 16.7. The maximum Gasteiger partial charge on any atom is 0.416 e. The Labute approximate surface area is 200 Å². The molecule has 0 bridgehead atoms. The summed E-state index contributed by atoms with van der Waals surface area (Å²) in [5.41, 5.74) is 0.656. The highest BCUT2D eigenvalue weighted by Crippen LogP contribution is 2.35. The van der Waals surface area contributed by atoms with E-state index in [9.17, 15) is 18.4 Å². The maximum atomic E-state index is 13.7. The average Bonchev–Trinajstić information content (AvgIpc) is 3.40. The third kappa shape index (κ3) is 5.52. The third-order valence-electron chi connectivity index (χ3n) is 5.93. The van der Waals surface area contributed by atoms with E-state index in [2.05, 4.69) is 24.0 Å². The Morgan fingerprint density at radius 3 is 2.64 bits per heavy atom. The second-order valence-electron chi connectivity index (χ2n) is 8.25. The van der Waals surface area contributed by atoms with Crippen LogP contribution in [0.15, 0.2) is 54.6 Å². The monoisotopic (exact) mass is 489 g/mol. The first-order chi connectivity index (χ1) is 15.7. The van der Waals surface area contributed by atoms with Gasteiger partial charge in [0, 0.05) is 47.7 Å². The van der Waals surface area contributed by atoms with Gasteiger partial charge in [-0.1, -0.05) is 29.8 Å². The fraction of sp³-hybridized carbons (Fsp3) is 0.320. The molecule has 4 rings (SSSR count). The van der Waals surface area contributed by atoms with E-state index < -0.39 is 11.7 Å². The number of hydrogen-bond donors (Lipinski definition) is 0. The molecule has 1 aliphatic heterocycles. The van der Waals surface area contributed by atoms with Gasteiger partial charge in [0.15, 0.2) is 0 Å². The first-order valence-corrected chi connectivity index (χ1v) is 11.8. The number of nitriles is 1. The highest BCUT2D eigenvalue weighted by molar-refractivity contribution is 7.11. The van der Waals surface area contributed by atoms with Crippen LogP contribution in [0.4, 0.5) is 18.9 Å². The Kier molecular flexibility index (Phi) is 6.99. The smallest absolute Gasteiger partial charge is 0.363 e. The van der Waals surface area contributed by atoms with Crippen LogP contribution in [-0.4, -0.2) is 24.0 Å². The van der Waals surface area contributed by atoms with E-state index in [4.69, 9.17) is 11.6 Å². The van der Waals surface area contributed by atoms with Gasteiger partial charge < -0.3 is 4.90 Å². The molecule has 172 valence electrons. The number of aryl methyl sites for hydroxylation is 1. The summed E-state index contributed by atoms with van der Waals surface area (Å²) in [6.45, 7) is 4.62. The molecule has 2 heterocycles. The van der Waals surface area contributed by atoms with Crippen molar-refractivity contribution in [3.8, 4) is 6.07 Å². The Hall–Kier alpha value is -2.53. The van der Waals surface area contributed by atoms with Crippen LogP contribution in [0.1, 0.15) is 32.9 Å². The van der Waals surface area contributed by atoms with Gasteiger partial charge >= 0.3 is 6.18 Å². The molecule has 0 aliphatic carbocycles. The molecule has 0 radical (unpaired) electrons. The molecular weight excluding hydrogens is 467 g/mol. The second-order valence-corrected chi connectivity index (χ2v) is 10.0. The zero-order chi connectivity index (χ0) is 23.6. The number of rotatable bonds is 6. The first kappa shape index (κ1) is 23.6. The molecule has 0 N–H and O–H groups in total. The van der Waals surface area contributed by atoms with E-state index in [0.717, 1.165) is 37.8 Å². The van der Waals surface area contributed by atoms with Gasteiger partial charge in [-0.2, -0.15) is 18.4 Å². The van der Waals surface area contributed by atoms with Crippen LogP contribution in [0, 0.1) is 18.3 Å². The molecule has 3 aromatic rings. The van der Waals surface area contributed by atoms with Crippen molar-refractivity contribution < 1.29 is 13.2 Å². The van der Waals surface area contributed by atoms with E-state index in [1.165, 1.54) is 21.9 Å². The molecule has 0 unspecified atom stereocenters. The molecule has 1 saturated heterocycles. The maximum absolute atomic E-state index is 13.7. The number of nitrogens with zero attached hydrogens (tertiary/aromatic N) is 3. The van der Waals surface area contributed by atoms with E-state index >= 15 is 0 Å². The summed E-state index contributed by atoms with van der Waals surface area (Å²) in [6, 6.07) is 17.1. The summed E-state index contributed by atoms with van der Waals surface area (Å²) in [6.07, 6.45) is -3.60. The van der Waals surface area contributed by atoms with E-state index in [-0.39, 0.29) is 18.2 Å². The summed E-state index contributed by atoms with van der Waals surface area (Å²) in [5.74, 6) is 0. The molecule has 1 aromatic heterocycles. The zero-order valence-electron chi connectivity index (χ0n) is 18.1. The molecule has 1 atom stereocenters. The first-order valence-electron chi connectivity index (χ1n) is 10.6. The highest BCUT2D eigenvalue weighted by Gasteiger charge is 2.35. The fourth-order valence-electron chi connectivity index (χ4n) is 4.32. The number of alkyl halides is 3.